The molecule has 2 rings (SSSR count). The molecule has 2 radical (unpaired) electrons. The Labute approximate surface area is 114 Å². The van der Waals surface area contributed by atoms with E-state index in [0.717, 1.165) is 5.66 Å². The van der Waals surface area contributed by atoms with Gasteiger partial charge >= 0.3 is 7.57 Å². The Kier molecular flexibility index (Phi) is 5.31. The van der Waals surface area contributed by atoms with Crippen LogP contribution < -0.4 is 5.30 Å². The van der Waals surface area contributed by atoms with E-state index in [0.29, 0.717) is 0 Å². The van der Waals surface area contributed by atoms with Gasteiger partial charge in [-0.15, -0.1) is 0 Å². The van der Waals surface area contributed by atoms with Crippen LogP contribution in [0.15, 0.2) is 30.3 Å². The summed E-state index contributed by atoms with van der Waals surface area (Å²) >= 11 is 0. The Morgan fingerprint density at radius 2 is 1.78 bits per heavy atom. The molecule has 0 heterocycles. The Bertz CT molecular complexity index is 345. The van der Waals surface area contributed by atoms with E-state index in [1.165, 1.54) is 56.4 Å². The highest BCUT2D eigenvalue weighted by Crippen LogP contribution is 2.61. The summed E-state index contributed by atoms with van der Waals surface area (Å²) in [5, 5.41) is 1.46. The second-order valence-corrected chi connectivity index (χ2v) is 9.19. The lowest BCUT2D eigenvalue weighted by molar-refractivity contribution is 0.510. The minimum Gasteiger partial charge on any atom is -0.0652 e. The smallest absolute Gasteiger partial charge is 0.0652 e. The molecule has 0 aromatic heterocycles. The minimum absolute atomic E-state index is 0.792. The van der Waals surface area contributed by atoms with Gasteiger partial charge in [-0.05, 0) is 51.4 Å². The Morgan fingerprint density at radius 1 is 1.11 bits per heavy atom. The van der Waals surface area contributed by atoms with Crippen LogP contribution in [0, 0.1) is 0 Å². The van der Waals surface area contributed by atoms with Crippen molar-refractivity contribution >= 4 is 20.0 Å². The molecule has 1 aromatic rings. The van der Waals surface area contributed by atoms with Gasteiger partial charge in [0.2, 0.25) is 0 Å². The molecule has 1 saturated carbocycles. The molecule has 18 heavy (non-hydrogen) atoms. The predicted octanol–water partition coefficient (Wildman–Crippen LogP) is 4.55. The number of rotatable bonds is 5. The summed E-state index contributed by atoms with van der Waals surface area (Å²) in [5.41, 5.74) is 0.792. The largest absolute Gasteiger partial charge is 0.371 e. The number of unbranched alkanes of at least 4 members (excludes halogenated alkanes) is 1. The molecule has 96 valence electrons. The standard InChI is InChI=1S/C16H25BP/c1-2-3-14-18(17,15-10-6-4-7-11-15)16-12-8-5-9-13-16/h4,6-7,10-11,16H,2-3,5,8-9,12-14H2,1H3/q+1. The third kappa shape index (κ3) is 3.18. The first-order valence-corrected chi connectivity index (χ1v) is 9.60. The molecule has 0 amide bonds. The molecule has 0 saturated heterocycles. The molecule has 0 aliphatic heterocycles. The van der Waals surface area contributed by atoms with Gasteiger partial charge in [-0.1, -0.05) is 38.0 Å². The molecule has 2 heteroatoms. The molecule has 1 aliphatic rings. The van der Waals surface area contributed by atoms with E-state index in [1.54, 1.807) is 0 Å². The van der Waals surface area contributed by atoms with Crippen LogP contribution in [0.25, 0.3) is 0 Å². The molecule has 1 aromatic carbocycles. The van der Waals surface area contributed by atoms with Gasteiger partial charge in [0.05, 0.1) is 11.0 Å². The van der Waals surface area contributed by atoms with Gasteiger partial charge in [-0.25, -0.2) is 0 Å². The van der Waals surface area contributed by atoms with Gasteiger partial charge in [0, 0.05) is 6.16 Å². The Hall–Kier alpha value is -0.285. The molecule has 1 atom stereocenters. The highest BCUT2D eigenvalue weighted by molar-refractivity contribution is 8.03. The number of benzene rings is 1. The van der Waals surface area contributed by atoms with Crippen molar-refractivity contribution in [2.75, 3.05) is 6.16 Å². The maximum absolute atomic E-state index is 6.99. The zero-order valence-corrected chi connectivity index (χ0v) is 12.5. The van der Waals surface area contributed by atoms with Crippen LogP contribution in [0.3, 0.4) is 0 Å². The lowest BCUT2D eigenvalue weighted by Gasteiger charge is -2.34. The lowest BCUT2D eigenvalue weighted by Crippen LogP contribution is -2.27. The first-order valence-electron chi connectivity index (χ1n) is 7.49. The summed E-state index contributed by atoms with van der Waals surface area (Å²) in [6.07, 6.45) is 10.7. The lowest BCUT2D eigenvalue weighted by atomic mass is 10.0. The van der Waals surface area contributed by atoms with Crippen molar-refractivity contribution < 1.29 is 0 Å². The highest BCUT2D eigenvalue weighted by Gasteiger charge is 2.42. The third-order valence-corrected chi connectivity index (χ3v) is 8.48. The maximum Gasteiger partial charge on any atom is 0.371 e. The quantitative estimate of drug-likeness (QED) is 0.537. The molecule has 1 fully saturated rings. The van der Waals surface area contributed by atoms with E-state index < -0.39 is 7.14 Å². The predicted molar refractivity (Wildman–Crippen MR) is 85.4 cm³/mol. The summed E-state index contributed by atoms with van der Waals surface area (Å²) in [6.45, 7) is 2.27. The van der Waals surface area contributed by atoms with Crippen molar-refractivity contribution in [3.8, 4) is 0 Å². The van der Waals surface area contributed by atoms with Gasteiger partial charge < -0.3 is 0 Å². The highest BCUT2D eigenvalue weighted by atomic mass is 31.2. The fraction of sp³-hybridized carbons (Fsp3) is 0.625. The van der Waals surface area contributed by atoms with Crippen LogP contribution in [-0.4, -0.2) is 19.4 Å². The number of hydrogen-bond donors (Lipinski definition) is 0. The average molecular weight is 259 g/mol. The zero-order valence-electron chi connectivity index (χ0n) is 11.6. The van der Waals surface area contributed by atoms with E-state index in [4.69, 9.17) is 7.57 Å². The fourth-order valence-corrected chi connectivity index (χ4v) is 7.09. The van der Waals surface area contributed by atoms with Crippen molar-refractivity contribution in [1.82, 2.24) is 0 Å². The molecule has 0 spiro atoms. The zero-order chi connectivity index (χ0) is 12.8. The molecule has 0 bridgehead atoms. The van der Waals surface area contributed by atoms with E-state index in [9.17, 15) is 0 Å². The second kappa shape index (κ2) is 6.76. The van der Waals surface area contributed by atoms with Crippen molar-refractivity contribution in [3.63, 3.8) is 0 Å². The molecular formula is C16H25BP+. The monoisotopic (exact) mass is 259 g/mol. The summed E-state index contributed by atoms with van der Waals surface area (Å²) in [7, 11) is 5.58. The first-order chi connectivity index (χ1) is 8.77. The van der Waals surface area contributed by atoms with E-state index >= 15 is 0 Å². The Morgan fingerprint density at radius 3 is 2.39 bits per heavy atom. The van der Waals surface area contributed by atoms with E-state index in [2.05, 4.69) is 37.3 Å². The van der Waals surface area contributed by atoms with Crippen molar-refractivity contribution in [3.05, 3.63) is 30.3 Å². The molecule has 1 unspecified atom stereocenters. The van der Waals surface area contributed by atoms with Crippen LogP contribution in [0.2, 0.25) is 0 Å². The van der Waals surface area contributed by atoms with Crippen molar-refractivity contribution in [1.29, 1.82) is 0 Å². The SMILES string of the molecule is [B][P+](CCCC)(c1ccccc1)C1CCCCC1. The summed E-state index contributed by atoms with van der Waals surface area (Å²) in [5.74, 6) is 0. The van der Waals surface area contributed by atoms with Gasteiger partial charge in [0.25, 0.3) is 0 Å². The van der Waals surface area contributed by atoms with Gasteiger partial charge in [-0.2, -0.15) is 0 Å². The van der Waals surface area contributed by atoms with Crippen LogP contribution >= 0.6 is 7.14 Å². The molecule has 0 N–H and O–H groups in total. The van der Waals surface area contributed by atoms with Gasteiger partial charge in [0.1, 0.15) is 0 Å². The van der Waals surface area contributed by atoms with Crippen LogP contribution in [0.5, 0.6) is 0 Å². The fourth-order valence-electron chi connectivity index (χ4n) is 3.19. The Balaban J connectivity index is 2.21. The van der Waals surface area contributed by atoms with Gasteiger partial charge in [0.15, 0.2) is 0 Å². The van der Waals surface area contributed by atoms with Gasteiger partial charge in [-0.3, -0.25) is 0 Å². The van der Waals surface area contributed by atoms with Crippen LogP contribution in [0.1, 0.15) is 51.9 Å². The van der Waals surface area contributed by atoms with E-state index in [-0.39, 0.29) is 0 Å². The van der Waals surface area contributed by atoms with Crippen LogP contribution in [0.4, 0.5) is 0 Å². The minimum atomic E-state index is -1.41. The topological polar surface area (TPSA) is 0 Å². The normalized spacial score (nSPS) is 20.5. The molecule has 1 aliphatic carbocycles. The van der Waals surface area contributed by atoms with Crippen molar-refractivity contribution in [2.24, 2.45) is 0 Å². The van der Waals surface area contributed by atoms with Crippen LogP contribution in [-0.2, 0) is 0 Å². The first kappa shape index (κ1) is 14.1. The number of hydrogen-bond acceptors (Lipinski definition) is 0. The summed E-state index contributed by atoms with van der Waals surface area (Å²) < 4.78 is 0. The summed E-state index contributed by atoms with van der Waals surface area (Å²) in [4.78, 5) is 0. The summed E-state index contributed by atoms with van der Waals surface area (Å²) in [6, 6.07) is 11.0. The van der Waals surface area contributed by atoms with E-state index in [1.807, 2.05) is 0 Å². The van der Waals surface area contributed by atoms with Crippen molar-refractivity contribution in [2.45, 2.75) is 57.5 Å². The second-order valence-electron chi connectivity index (χ2n) is 5.64. The average Bonchev–Trinajstić information content (AvgIpc) is 2.46. The molecule has 0 nitrogen and oxygen atoms in total. The third-order valence-electron chi connectivity index (χ3n) is 4.34. The maximum atomic E-state index is 6.99. The molecular weight excluding hydrogens is 234 g/mol.